The van der Waals surface area contributed by atoms with Crippen LogP contribution in [0, 0.1) is 0 Å². The molecule has 1 fully saturated rings. The van der Waals surface area contributed by atoms with Crippen LogP contribution in [0.3, 0.4) is 0 Å². The van der Waals surface area contributed by atoms with Gasteiger partial charge in [-0.05, 0) is 66.0 Å². The average Bonchev–Trinajstić information content (AvgIpc) is 2.97. The lowest BCUT2D eigenvalue weighted by molar-refractivity contribution is -0.113. The number of carbonyl (C=O) groups excluding carboxylic acids is 1. The Morgan fingerprint density at radius 1 is 0.946 bits per heavy atom. The van der Waals surface area contributed by atoms with E-state index >= 15 is 0 Å². The van der Waals surface area contributed by atoms with E-state index in [9.17, 15) is 4.79 Å². The number of hydrogen-bond acceptors (Lipinski definition) is 5. The molecule has 37 heavy (non-hydrogen) atoms. The van der Waals surface area contributed by atoms with Crippen molar-refractivity contribution in [3.63, 3.8) is 0 Å². The molecule has 1 aliphatic heterocycles. The first-order valence-corrected chi connectivity index (χ1v) is 13.1. The van der Waals surface area contributed by atoms with Gasteiger partial charge in [-0.25, -0.2) is 0 Å². The van der Waals surface area contributed by atoms with Crippen molar-refractivity contribution in [1.82, 2.24) is 4.90 Å². The van der Waals surface area contributed by atoms with Crippen LogP contribution in [0.25, 0.3) is 10.8 Å². The molecule has 0 saturated carbocycles. The number of allylic oxidation sites excluding steroid dienone is 3. The molecule has 5 rings (SSSR count). The number of ether oxygens (including phenoxy) is 3. The van der Waals surface area contributed by atoms with E-state index in [1.54, 1.807) is 14.2 Å². The Balaban J connectivity index is 1.59. The molecule has 0 amide bonds. The smallest absolute Gasteiger partial charge is 0.139 e. The third-order valence-corrected chi connectivity index (χ3v) is 7.72. The number of carbonyl (C=O) groups is 1. The van der Waals surface area contributed by atoms with Crippen molar-refractivity contribution in [1.29, 1.82) is 0 Å². The number of fused-ring (bicyclic) bond motifs is 1. The van der Waals surface area contributed by atoms with Crippen LogP contribution in [0.2, 0.25) is 0 Å². The van der Waals surface area contributed by atoms with E-state index in [-0.39, 0.29) is 5.92 Å². The Morgan fingerprint density at radius 3 is 2.51 bits per heavy atom. The molecular weight excluding hydrogens is 462 g/mol. The summed E-state index contributed by atoms with van der Waals surface area (Å²) < 4.78 is 17.9. The van der Waals surface area contributed by atoms with Crippen LogP contribution in [0.1, 0.15) is 36.3 Å². The summed E-state index contributed by atoms with van der Waals surface area (Å²) in [4.78, 5) is 15.8. The van der Waals surface area contributed by atoms with Gasteiger partial charge in [0.2, 0.25) is 0 Å². The summed E-state index contributed by atoms with van der Waals surface area (Å²) in [5, 5.41) is 2.10. The van der Waals surface area contributed by atoms with E-state index in [2.05, 4.69) is 29.2 Å². The number of piperidine rings is 1. The van der Waals surface area contributed by atoms with Crippen molar-refractivity contribution in [2.75, 3.05) is 40.5 Å². The molecule has 192 valence electrons. The molecule has 0 radical (unpaired) electrons. The summed E-state index contributed by atoms with van der Waals surface area (Å²) in [6.45, 7) is 3.73. The zero-order valence-corrected chi connectivity index (χ0v) is 21.7. The Kier molecular flexibility index (Phi) is 7.61. The van der Waals surface area contributed by atoms with Crippen molar-refractivity contribution < 1.29 is 19.0 Å². The topological polar surface area (TPSA) is 48.0 Å². The highest BCUT2D eigenvalue weighted by atomic mass is 16.5. The van der Waals surface area contributed by atoms with E-state index in [0.29, 0.717) is 12.4 Å². The molecule has 0 bridgehead atoms. The number of rotatable bonds is 9. The molecule has 2 aliphatic rings. The molecule has 3 aromatic rings. The molecule has 0 spiro atoms. The van der Waals surface area contributed by atoms with Gasteiger partial charge in [0, 0.05) is 18.5 Å². The number of benzene rings is 3. The predicted octanol–water partition coefficient (Wildman–Crippen LogP) is 6.00. The maximum absolute atomic E-state index is 13.3. The second-order valence-corrected chi connectivity index (χ2v) is 9.80. The number of hydrogen-bond donors (Lipinski definition) is 0. The average molecular weight is 498 g/mol. The largest absolute Gasteiger partial charge is 0.500 e. The Morgan fingerprint density at radius 2 is 1.73 bits per heavy atom. The van der Waals surface area contributed by atoms with Gasteiger partial charge < -0.3 is 19.0 Å². The van der Waals surface area contributed by atoms with Crippen molar-refractivity contribution in [2.45, 2.75) is 30.6 Å². The Bertz CT molecular complexity index is 1300. The van der Waals surface area contributed by atoms with E-state index in [4.69, 9.17) is 14.2 Å². The van der Waals surface area contributed by atoms with Crippen LogP contribution in [-0.2, 0) is 19.7 Å². The van der Waals surface area contributed by atoms with Crippen LogP contribution in [0.4, 0.5) is 0 Å². The minimum atomic E-state index is -1.07. The molecular formula is C32H35NO4. The van der Waals surface area contributed by atoms with Gasteiger partial charge >= 0.3 is 0 Å². The summed E-state index contributed by atoms with van der Waals surface area (Å²) in [6, 6.07) is 22.2. The van der Waals surface area contributed by atoms with Crippen molar-refractivity contribution >= 4 is 17.1 Å². The summed E-state index contributed by atoms with van der Waals surface area (Å²) in [7, 11) is 3.29. The highest BCUT2D eigenvalue weighted by Crippen LogP contribution is 2.50. The molecule has 0 aromatic heterocycles. The first kappa shape index (κ1) is 25.1. The minimum Gasteiger partial charge on any atom is -0.500 e. The quantitative estimate of drug-likeness (QED) is 0.340. The fourth-order valence-electron chi connectivity index (χ4n) is 5.81. The zero-order valence-electron chi connectivity index (χ0n) is 21.7. The highest BCUT2D eigenvalue weighted by molar-refractivity contribution is 5.93. The molecule has 5 nitrogen and oxygen atoms in total. The summed E-state index contributed by atoms with van der Waals surface area (Å²) in [5.41, 5.74) is 0.797. The van der Waals surface area contributed by atoms with E-state index < -0.39 is 5.41 Å². The van der Waals surface area contributed by atoms with Gasteiger partial charge in [-0.3, -0.25) is 4.90 Å². The molecule has 1 heterocycles. The first-order chi connectivity index (χ1) is 18.2. The maximum atomic E-state index is 13.3. The minimum absolute atomic E-state index is 0.351. The zero-order chi connectivity index (χ0) is 25.7. The fraction of sp³-hybridized carbons (Fsp3) is 0.344. The van der Waals surface area contributed by atoms with E-state index in [1.165, 1.54) is 19.3 Å². The third kappa shape index (κ3) is 4.88. The fourth-order valence-corrected chi connectivity index (χ4v) is 5.81. The molecule has 5 heteroatoms. The number of likely N-dealkylation sites (tertiary alicyclic amines) is 1. The van der Waals surface area contributed by atoms with Gasteiger partial charge in [0.1, 0.15) is 35.6 Å². The molecule has 2 atom stereocenters. The van der Waals surface area contributed by atoms with Crippen LogP contribution in [0.5, 0.6) is 5.75 Å². The maximum Gasteiger partial charge on any atom is 0.139 e. The summed E-state index contributed by atoms with van der Waals surface area (Å²) in [5.74, 6) is 1.68. The van der Waals surface area contributed by atoms with Gasteiger partial charge in [-0.1, -0.05) is 61.0 Å². The van der Waals surface area contributed by atoms with Gasteiger partial charge in [-0.15, -0.1) is 0 Å². The molecule has 1 saturated heterocycles. The van der Waals surface area contributed by atoms with Gasteiger partial charge in [0.25, 0.3) is 0 Å². The van der Waals surface area contributed by atoms with Crippen LogP contribution >= 0.6 is 0 Å². The van der Waals surface area contributed by atoms with E-state index in [1.807, 2.05) is 54.6 Å². The molecule has 1 aliphatic carbocycles. The highest BCUT2D eigenvalue weighted by Gasteiger charge is 2.48. The molecule has 0 N–H and O–H groups in total. The number of aldehydes is 1. The SMILES string of the molecule is COC1=CC(OCCN2CCCCC2)=CC(c2cccc(OC)c2)C1(C=O)c1cccc2ccccc12. The van der Waals surface area contributed by atoms with Crippen molar-refractivity contribution in [2.24, 2.45) is 0 Å². The van der Waals surface area contributed by atoms with Gasteiger partial charge in [-0.2, -0.15) is 0 Å². The van der Waals surface area contributed by atoms with Gasteiger partial charge in [0.05, 0.1) is 14.2 Å². The lowest BCUT2D eigenvalue weighted by Crippen LogP contribution is -2.40. The van der Waals surface area contributed by atoms with Crippen LogP contribution in [0.15, 0.2) is 90.4 Å². The van der Waals surface area contributed by atoms with Crippen molar-refractivity contribution in [3.8, 4) is 5.75 Å². The monoisotopic (exact) mass is 497 g/mol. The normalized spacial score (nSPS) is 22.2. The van der Waals surface area contributed by atoms with Crippen LogP contribution in [-0.4, -0.2) is 51.6 Å². The molecule has 2 unspecified atom stereocenters. The second kappa shape index (κ2) is 11.2. The molecule has 3 aromatic carbocycles. The Labute approximate surface area is 219 Å². The lowest BCUT2D eigenvalue weighted by atomic mass is 9.64. The predicted molar refractivity (Wildman–Crippen MR) is 147 cm³/mol. The van der Waals surface area contributed by atoms with Crippen LogP contribution < -0.4 is 4.74 Å². The number of nitrogens with zero attached hydrogens (tertiary/aromatic N) is 1. The van der Waals surface area contributed by atoms with Gasteiger partial charge in [0.15, 0.2) is 0 Å². The summed E-state index contributed by atoms with van der Waals surface area (Å²) >= 11 is 0. The summed E-state index contributed by atoms with van der Waals surface area (Å²) in [6.07, 6.45) is 8.82. The van der Waals surface area contributed by atoms with E-state index in [0.717, 1.165) is 59.3 Å². The second-order valence-electron chi connectivity index (χ2n) is 9.80. The lowest BCUT2D eigenvalue weighted by Gasteiger charge is -2.40. The van der Waals surface area contributed by atoms with Crippen molar-refractivity contribution in [3.05, 3.63) is 102 Å². The first-order valence-electron chi connectivity index (χ1n) is 13.1. The Hall–Kier alpha value is -3.57. The third-order valence-electron chi connectivity index (χ3n) is 7.72. The standard InChI is InChI=1S/C32H35NO4/c1-35-26-13-8-12-25(20-26)30-21-27(37-19-18-33-16-6-3-7-17-33)22-31(36-2)32(30,23-34)29-15-9-11-24-10-4-5-14-28(24)29/h4-5,8-15,20-23,30H,3,6-7,16-19H2,1-2H3. The number of methoxy groups -OCH3 is 2.